The predicted octanol–water partition coefficient (Wildman–Crippen LogP) is 6.30. The molecule has 1 aliphatic rings. The first kappa shape index (κ1) is 28.4. The smallest absolute Gasteiger partial charge is 0.419 e. The van der Waals surface area contributed by atoms with Crippen LogP contribution in [0.2, 0.25) is 0 Å². The molecule has 2 aromatic heterocycles. The first-order valence-electron chi connectivity index (χ1n) is 13.9. The lowest BCUT2D eigenvalue weighted by molar-refractivity contribution is 0.0542. The Morgan fingerprint density at radius 3 is 2.46 bits per heavy atom. The van der Waals surface area contributed by atoms with E-state index in [1.807, 2.05) is 87.2 Å². The lowest BCUT2D eigenvalue weighted by Gasteiger charge is -2.40. The Kier molecular flexibility index (Phi) is 7.91. The summed E-state index contributed by atoms with van der Waals surface area (Å²) in [6.07, 6.45) is 7.00. The van der Waals surface area contributed by atoms with Gasteiger partial charge in [0.05, 0.1) is 31.3 Å². The number of esters is 1. The molecule has 0 amide bonds. The number of methoxy groups -OCH3 is 2. The van der Waals surface area contributed by atoms with Crippen molar-refractivity contribution in [2.24, 2.45) is 0 Å². The number of piperidine rings is 1. The highest BCUT2D eigenvalue weighted by molar-refractivity contribution is 5.95. The molecule has 0 N–H and O–H groups in total. The normalized spacial score (nSPS) is 17.9. The third-order valence-corrected chi connectivity index (χ3v) is 7.70. The van der Waals surface area contributed by atoms with Crippen LogP contribution in [0.15, 0.2) is 61.1 Å². The number of likely N-dealkylation sites (tertiary alicyclic amines) is 1. The number of aryl methyl sites for hydroxylation is 1. The van der Waals surface area contributed by atoms with Gasteiger partial charge in [0.2, 0.25) is 0 Å². The molecule has 0 bridgehead atoms. The zero-order valence-corrected chi connectivity index (χ0v) is 24.6. The van der Waals surface area contributed by atoms with E-state index in [1.165, 1.54) is 7.11 Å². The van der Waals surface area contributed by atoms with E-state index in [0.717, 1.165) is 52.7 Å². The predicted molar refractivity (Wildman–Crippen MR) is 156 cm³/mol. The minimum Gasteiger partial charge on any atom is -0.496 e. The average molecular weight is 559 g/mol. The van der Waals surface area contributed by atoms with Gasteiger partial charge < -0.3 is 14.2 Å². The monoisotopic (exact) mass is 558 g/mol. The van der Waals surface area contributed by atoms with Crippen molar-refractivity contribution in [2.75, 3.05) is 20.8 Å². The Hall–Kier alpha value is -4.11. The molecular formula is C32H38N4O5. The molecule has 9 heteroatoms. The number of fused-ring (bicyclic) bond motifs is 1. The number of rotatable bonds is 6. The number of carbonyl (C=O) groups excluding carboxylic acids is 2. The number of ether oxygens (including phenoxy) is 3. The molecule has 0 aliphatic carbocycles. The van der Waals surface area contributed by atoms with Crippen LogP contribution in [0.4, 0.5) is 4.79 Å². The molecule has 41 heavy (non-hydrogen) atoms. The summed E-state index contributed by atoms with van der Waals surface area (Å²) in [6.45, 7) is 9.03. The van der Waals surface area contributed by atoms with Gasteiger partial charge in [0, 0.05) is 48.7 Å². The molecule has 2 aromatic carbocycles. The molecule has 5 rings (SSSR count). The zero-order chi connectivity index (χ0) is 29.3. The highest BCUT2D eigenvalue weighted by Gasteiger charge is 2.32. The topological polar surface area (TPSA) is 87.8 Å². The van der Waals surface area contributed by atoms with Crippen molar-refractivity contribution in [3.8, 4) is 5.75 Å². The molecule has 216 valence electrons. The summed E-state index contributed by atoms with van der Waals surface area (Å²) in [5, 5.41) is 5.48. The summed E-state index contributed by atoms with van der Waals surface area (Å²) >= 11 is 0. The number of hydrogen-bond donors (Lipinski definition) is 0. The van der Waals surface area contributed by atoms with Gasteiger partial charge in [0.25, 0.3) is 0 Å². The molecule has 3 heterocycles. The van der Waals surface area contributed by atoms with Gasteiger partial charge in [-0.1, -0.05) is 12.1 Å². The van der Waals surface area contributed by atoms with Gasteiger partial charge in [0.15, 0.2) is 0 Å². The second kappa shape index (κ2) is 11.4. The summed E-state index contributed by atoms with van der Waals surface area (Å²) in [5.74, 6) is 0.429. The Labute approximate surface area is 240 Å². The summed E-state index contributed by atoms with van der Waals surface area (Å²) in [4.78, 5) is 27.6. The van der Waals surface area contributed by atoms with E-state index < -0.39 is 11.7 Å². The van der Waals surface area contributed by atoms with Crippen LogP contribution in [-0.4, -0.2) is 57.7 Å². The van der Waals surface area contributed by atoms with Crippen molar-refractivity contribution in [1.82, 2.24) is 19.2 Å². The number of hydrogen-bond acceptors (Lipinski definition) is 7. The largest absolute Gasteiger partial charge is 0.496 e. The van der Waals surface area contributed by atoms with Crippen LogP contribution in [0, 0.1) is 6.92 Å². The zero-order valence-electron chi connectivity index (χ0n) is 24.6. The Morgan fingerprint density at radius 2 is 1.83 bits per heavy atom. The van der Waals surface area contributed by atoms with E-state index in [9.17, 15) is 9.59 Å². The fourth-order valence-corrected chi connectivity index (χ4v) is 5.80. The molecule has 4 aromatic rings. The third-order valence-electron chi connectivity index (χ3n) is 7.70. The molecule has 0 saturated carbocycles. The second-order valence-electron chi connectivity index (χ2n) is 11.6. The SMILES string of the molecule is COC(=O)c1ccc([C@@H]2CC(n3cccn3)CCN2Cc2c(OC)cc(C)c3c2ccn3C(=O)OC(C)(C)C)cc1. The molecule has 1 saturated heterocycles. The first-order chi connectivity index (χ1) is 19.6. The van der Waals surface area contributed by atoms with E-state index in [1.54, 1.807) is 17.9 Å². The molecule has 9 nitrogen and oxygen atoms in total. The van der Waals surface area contributed by atoms with E-state index >= 15 is 0 Å². The number of benzene rings is 2. The minimum absolute atomic E-state index is 0.0682. The van der Waals surface area contributed by atoms with Crippen molar-refractivity contribution in [3.63, 3.8) is 0 Å². The van der Waals surface area contributed by atoms with Crippen molar-refractivity contribution >= 4 is 23.0 Å². The fourth-order valence-electron chi connectivity index (χ4n) is 5.80. The summed E-state index contributed by atoms with van der Waals surface area (Å²) in [7, 11) is 3.07. The van der Waals surface area contributed by atoms with Crippen LogP contribution in [0.1, 0.15) is 72.7 Å². The van der Waals surface area contributed by atoms with Crippen molar-refractivity contribution < 1.29 is 23.8 Å². The van der Waals surface area contributed by atoms with Crippen molar-refractivity contribution in [2.45, 2.75) is 64.8 Å². The second-order valence-corrected chi connectivity index (χ2v) is 11.6. The van der Waals surface area contributed by atoms with Gasteiger partial charge in [-0.2, -0.15) is 5.10 Å². The molecule has 1 aliphatic heterocycles. The summed E-state index contributed by atoms with van der Waals surface area (Å²) in [5.41, 5.74) is 3.80. The van der Waals surface area contributed by atoms with Gasteiger partial charge >= 0.3 is 12.1 Å². The van der Waals surface area contributed by atoms with Gasteiger partial charge in [-0.15, -0.1) is 0 Å². The Morgan fingerprint density at radius 1 is 1.07 bits per heavy atom. The van der Waals surface area contributed by atoms with Crippen molar-refractivity contribution in [1.29, 1.82) is 0 Å². The fraction of sp³-hybridized carbons (Fsp3) is 0.406. The van der Waals surface area contributed by atoms with Crippen LogP contribution >= 0.6 is 0 Å². The number of carbonyl (C=O) groups is 2. The summed E-state index contributed by atoms with van der Waals surface area (Å²) < 4.78 is 20.1. The molecule has 1 unspecified atom stereocenters. The minimum atomic E-state index is -0.605. The highest BCUT2D eigenvalue weighted by Crippen LogP contribution is 2.40. The van der Waals surface area contributed by atoms with Crippen LogP contribution in [0.25, 0.3) is 10.9 Å². The van der Waals surface area contributed by atoms with Crippen LogP contribution in [0.3, 0.4) is 0 Å². The van der Waals surface area contributed by atoms with Crippen molar-refractivity contribution in [3.05, 3.63) is 83.3 Å². The first-order valence-corrected chi connectivity index (χ1v) is 13.9. The van der Waals surface area contributed by atoms with Gasteiger partial charge in [0.1, 0.15) is 11.4 Å². The maximum atomic E-state index is 13.1. The number of nitrogens with zero attached hydrogens (tertiary/aromatic N) is 4. The van der Waals surface area contributed by atoms with Gasteiger partial charge in [-0.05, 0) is 82.0 Å². The van der Waals surface area contributed by atoms with E-state index in [4.69, 9.17) is 14.2 Å². The molecule has 0 spiro atoms. The van der Waals surface area contributed by atoms with Crippen LogP contribution in [0.5, 0.6) is 5.75 Å². The van der Waals surface area contributed by atoms with E-state index in [2.05, 4.69) is 10.00 Å². The molecule has 2 atom stereocenters. The van der Waals surface area contributed by atoms with E-state index in [0.29, 0.717) is 12.1 Å². The number of aromatic nitrogens is 3. The van der Waals surface area contributed by atoms with E-state index in [-0.39, 0.29) is 18.1 Å². The standard InChI is InChI=1S/C32H38N4O5/c1-21-18-28(39-5)26(25-13-17-35(29(21)25)31(38)41-32(2,3)4)20-34-16-12-24(36-15-7-14-33-36)19-27(34)22-8-10-23(11-9-22)30(37)40-6/h7-11,13-15,17-18,24,27H,12,16,19-20H2,1-6H3/t24?,27-/m0/s1. The Balaban J connectivity index is 1.53. The summed E-state index contributed by atoms with van der Waals surface area (Å²) in [6, 6.07) is 13.9. The average Bonchev–Trinajstić information content (AvgIpc) is 3.65. The Bertz CT molecular complexity index is 1530. The molecule has 1 fully saturated rings. The third kappa shape index (κ3) is 5.86. The maximum Gasteiger partial charge on any atom is 0.419 e. The lowest BCUT2D eigenvalue weighted by Crippen LogP contribution is -2.37. The van der Waals surface area contributed by atoms with Crippen LogP contribution < -0.4 is 4.74 Å². The quantitative estimate of drug-likeness (QED) is 0.257. The molecule has 0 radical (unpaired) electrons. The van der Waals surface area contributed by atoms with Gasteiger partial charge in [-0.3, -0.25) is 14.1 Å². The molecular weight excluding hydrogens is 520 g/mol. The lowest BCUT2D eigenvalue weighted by atomic mass is 9.90. The maximum absolute atomic E-state index is 13.1. The van der Waals surface area contributed by atoms with Crippen LogP contribution in [-0.2, 0) is 16.0 Å². The van der Waals surface area contributed by atoms with Gasteiger partial charge in [-0.25, -0.2) is 9.59 Å². The highest BCUT2D eigenvalue weighted by atomic mass is 16.6.